The van der Waals surface area contributed by atoms with Crippen molar-refractivity contribution in [2.45, 2.75) is 12.2 Å². The maximum absolute atomic E-state index is 13.5. The van der Waals surface area contributed by atoms with Crippen LogP contribution in [-0.2, 0) is 18.9 Å². The van der Waals surface area contributed by atoms with Gasteiger partial charge in [0, 0.05) is 1.37 Å². The molecular formula is C13H14BF2NO4. The van der Waals surface area contributed by atoms with E-state index in [0.717, 1.165) is 0 Å². The lowest BCUT2D eigenvalue weighted by Gasteiger charge is -2.26. The zero-order valence-electron chi connectivity index (χ0n) is 12.3. The average Bonchev–Trinajstić information content (AvgIpc) is 2.44. The van der Waals surface area contributed by atoms with Crippen molar-refractivity contribution in [2.75, 3.05) is 20.1 Å². The largest absolute Gasteiger partial charge is 0.612 e. The van der Waals surface area contributed by atoms with Gasteiger partial charge in [0.15, 0.2) is 0 Å². The van der Waals surface area contributed by atoms with Crippen LogP contribution in [0, 0.1) is 0 Å². The molecule has 1 aromatic carbocycles. The lowest BCUT2D eigenvalue weighted by atomic mass is 9.67. The molecule has 0 aromatic heterocycles. The fourth-order valence-corrected chi connectivity index (χ4v) is 1.96. The summed E-state index contributed by atoms with van der Waals surface area (Å²) in [6.07, 6.45) is -3.22. The minimum absolute atomic E-state index is 0.107. The number of alkyl halides is 2. The third-order valence-corrected chi connectivity index (χ3v) is 2.87. The summed E-state index contributed by atoms with van der Waals surface area (Å²) in [4.78, 5) is 24.7. The fourth-order valence-electron chi connectivity index (χ4n) is 1.96. The molecule has 2 rings (SSSR count). The predicted molar refractivity (Wildman–Crippen MR) is 70.6 cm³/mol. The molecule has 0 spiro atoms. The van der Waals surface area contributed by atoms with Crippen molar-refractivity contribution in [3.05, 3.63) is 35.9 Å². The maximum Gasteiger partial charge on any atom is 0.612 e. The lowest BCUT2D eigenvalue weighted by Crippen LogP contribution is -2.46. The summed E-state index contributed by atoms with van der Waals surface area (Å²) in [5.41, 5.74) is -0.107. The minimum atomic E-state index is -3.22. The standard InChI is InChI=1S/C13H14BF2NO4/c1-17-7-10(18)20-14(21-11(19)8-17)12(13(15)16)9-5-3-2-4-6-9/h2-6,12-13H,7-8H2,1H3/i12D. The number of benzene rings is 1. The summed E-state index contributed by atoms with van der Waals surface area (Å²) in [6, 6.07) is 7.14. The first-order valence-corrected chi connectivity index (χ1v) is 6.25. The molecule has 0 bridgehead atoms. The Hall–Kier alpha value is -1.96. The van der Waals surface area contributed by atoms with E-state index in [-0.39, 0.29) is 18.7 Å². The Kier molecular flexibility index (Phi) is 4.44. The fraction of sp³-hybridized carbons (Fsp3) is 0.385. The maximum atomic E-state index is 13.5. The molecular weight excluding hydrogens is 283 g/mol. The molecule has 112 valence electrons. The van der Waals surface area contributed by atoms with Crippen LogP contribution in [0.2, 0.25) is 0 Å². The van der Waals surface area contributed by atoms with Crippen molar-refractivity contribution in [3.8, 4) is 0 Å². The summed E-state index contributed by atoms with van der Waals surface area (Å²) in [7, 11) is -0.523. The molecule has 1 aromatic rings. The van der Waals surface area contributed by atoms with E-state index in [1.807, 2.05) is 0 Å². The number of hydrogen-bond acceptors (Lipinski definition) is 5. The highest BCUT2D eigenvalue weighted by Gasteiger charge is 2.45. The second-order valence-electron chi connectivity index (χ2n) is 4.61. The number of hydrogen-bond donors (Lipinski definition) is 0. The molecule has 8 heteroatoms. The molecule has 1 unspecified atom stereocenters. The van der Waals surface area contributed by atoms with Crippen molar-refractivity contribution in [1.29, 1.82) is 0 Å². The van der Waals surface area contributed by atoms with Crippen molar-refractivity contribution in [3.63, 3.8) is 0 Å². The second kappa shape index (κ2) is 6.67. The second-order valence-corrected chi connectivity index (χ2v) is 4.61. The average molecular weight is 298 g/mol. The van der Waals surface area contributed by atoms with Crippen molar-refractivity contribution < 1.29 is 29.0 Å². The number of likely N-dealkylation sites (N-methyl/N-ethyl adjacent to an activating group) is 1. The van der Waals surface area contributed by atoms with Gasteiger partial charge in [0.05, 0.1) is 13.1 Å². The quantitative estimate of drug-likeness (QED) is 0.782. The number of halogens is 2. The first-order chi connectivity index (χ1) is 10.3. The van der Waals surface area contributed by atoms with Gasteiger partial charge in [-0.2, -0.15) is 0 Å². The van der Waals surface area contributed by atoms with E-state index in [1.54, 1.807) is 6.07 Å². The molecule has 1 atom stereocenters. The Morgan fingerprint density at radius 1 is 1.19 bits per heavy atom. The molecule has 0 N–H and O–H groups in total. The molecule has 1 aliphatic heterocycles. The zero-order chi connectivity index (χ0) is 16.3. The van der Waals surface area contributed by atoms with Crippen LogP contribution in [0.25, 0.3) is 0 Å². The molecule has 0 aliphatic carbocycles. The Balaban J connectivity index is 2.38. The van der Waals surface area contributed by atoms with Crippen LogP contribution in [0.5, 0.6) is 0 Å². The first kappa shape index (κ1) is 14.0. The van der Waals surface area contributed by atoms with Crippen molar-refractivity contribution in [1.82, 2.24) is 4.90 Å². The molecule has 0 saturated carbocycles. The van der Waals surface area contributed by atoms with Crippen LogP contribution >= 0.6 is 0 Å². The van der Waals surface area contributed by atoms with Crippen LogP contribution in [0.1, 0.15) is 12.7 Å². The summed E-state index contributed by atoms with van der Waals surface area (Å²) in [5, 5.41) is 0. The molecule has 5 nitrogen and oxygen atoms in total. The van der Waals surface area contributed by atoms with Gasteiger partial charge in [-0.3, -0.25) is 14.5 Å². The highest BCUT2D eigenvalue weighted by molar-refractivity contribution is 6.51. The topological polar surface area (TPSA) is 55.8 Å². The zero-order valence-corrected chi connectivity index (χ0v) is 11.3. The Bertz CT molecular complexity index is 542. The van der Waals surface area contributed by atoms with E-state index in [4.69, 9.17) is 10.7 Å². The van der Waals surface area contributed by atoms with E-state index in [0.29, 0.717) is 0 Å². The third kappa shape index (κ3) is 4.01. The van der Waals surface area contributed by atoms with Gasteiger partial charge in [-0.05, 0) is 12.6 Å². The summed E-state index contributed by atoms with van der Waals surface area (Å²) < 4.78 is 44.8. The summed E-state index contributed by atoms with van der Waals surface area (Å²) in [6.45, 7) is -0.501. The van der Waals surface area contributed by atoms with Crippen LogP contribution in [0.3, 0.4) is 0 Å². The number of rotatable bonds is 3. The molecule has 0 amide bonds. The van der Waals surface area contributed by atoms with E-state index in [9.17, 15) is 18.4 Å². The van der Waals surface area contributed by atoms with Gasteiger partial charge in [0.1, 0.15) is 5.79 Å². The van der Waals surface area contributed by atoms with Crippen LogP contribution < -0.4 is 0 Å². The van der Waals surface area contributed by atoms with Gasteiger partial charge < -0.3 is 9.31 Å². The van der Waals surface area contributed by atoms with Gasteiger partial charge in [0.25, 0.3) is 0 Å². The normalized spacial score (nSPS) is 21.0. The highest BCUT2D eigenvalue weighted by Crippen LogP contribution is 2.28. The van der Waals surface area contributed by atoms with Gasteiger partial charge in [0.2, 0.25) is 6.43 Å². The van der Waals surface area contributed by atoms with Crippen molar-refractivity contribution >= 4 is 19.1 Å². The van der Waals surface area contributed by atoms with Gasteiger partial charge in [-0.1, -0.05) is 30.3 Å². The Labute approximate surface area is 122 Å². The van der Waals surface area contributed by atoms with Gasteiger partial charge >= 0.3 is 19.1 Å². The van der Waals surface area contributed by atoms with Crippen LogP contribution in [-0.4, -0.2) is 50.5 Å². The van der Waals surface area contributed by atoms with Crippen molar-refractivity contribution in [2.24, 2.45) is 0 Å². The van der Waals surface area contributed by atoms with E-state index >= 15 is 0 Å². The van der Waals surface area contributed by atoms with E-state index < -0.39 is 31.3 Å². The van der Waals surface area contributed by atoms with E-state index in [2.05, 4.69) is 0 Å². The molecule has 1 aliphatic rings. The summed E-state index contributed by atoms with van der Waals surface area (Å²) >= 11 is 0. The van der Waals surface area contributed by atoms with Crippen LogP contribution in [0.15, 0.2) is 30.3 Å². The molecule has 21 heavy (non-hydrogen) atoms. The molecule has 1 fully saturated rings. The first-order valence-electron chi connectivity index (χ1n) is 6.75. The molecule has 1 saturated heterocycles. The number of nitrogens with zero attached hydrogens (tertiary/aromatic N) is 1. The van der Waals surface area contributed by atoms with Crippen LogP contribution in [0.4, 0.5) is 8.78 Å². The van der Waals surface area contributed by atoms with Gasteiger partial charge in [-0.25, -0.2) is 8.78 Å². The highest BCUT2D eigenvalue weighted by atomic mass is 19.3. The number of carbonyl (C=O) groups is 2. The minimum Gasteiger partial charge on any atom is -0.498 e. The Morgan fingerprint density at radius 2 is 1.71 bits per heavy atom. The van der Waals surface area contributed by atoms with Gasteiger partial charge in [-0.15, -0.1) is 0 Å². The Morgan fingerprint density at radius 3 is 2.19 bits per heavy atom. The molecule has 0 radical (unpaired) electrons. The monoisotopic (exact) mass is 298 g/mol. The van der Waals surface area contributed by atoms with E-state index in [1.165, 1.54) is 36.2 Å². The predicted octanol–water partition coefficient (Wildman–Crippen LogP) is 1.09. The number of carbonyl (C=O) groups excluding carboxylic acids is 2. The summed E-state index contributed by atoms with van der Waals surface area (Å²) in [5.74, 6) is -4.37. The molecule has 1 heterocycles. The SMILES string of the molecule is [2H]C(B1OC(=O)CN(C)CC(=O)O1)(c1ccccc1)C(F)F. The third-order valence-electron chi connectivity index (χ3n) is 2.87. The smallest absolute Gasteiger partial charge is 0.498 e. The lowest BCUT2D eigenvalue weighted by molar-refractivity contribution is -0.146.